The smallest absolute Gasteiger partial charge is 0.0930 e. The van der Waals surface area contributed by atoms with Gasteiger partial charge in [-0.2, -0.15) is 5.10 Å². The Morgan fingerprint density at radius 1 is 1.28 bits per heavy atom. The van der Waals surface area contributed by atoms with Crippen LogP contribution in [0.2, 0.25) is 0 Å². The number of anilines is 1. The molecule has 0 saturated heterocycles. The highest BCUT2D eigenvalue weighted by atomic mass is 79.9. The monoisotopic (exact) mass is 304 g/mol. The SMILES string of the molecule is Cn1ncc(N)c1-c1cn(C)c2cccc(Br)c12. The van der Waals surface area contributed by atoms with Crippen molar-refractivity contribution in [3.63, 3.8) is 0 Å². The number of nitrogen functional groups attached to an aromatic ring is 1. The maximum atomic E-state index is 6.02. The van der Waals surface area contributed by atoms with Crippen molar-refractivity contribution in [3.8, 4) is 11.3 Å². The molecular weight excluding hydrogens is 292 g/mol. The summed E-state index contributed by atoms with van der Waals surface area (Å²) in [6.07, 6.45) is 3.77. The van der Waals surface area contributed by atoms with E-state index in [-0.39, 0.29) is 0 Å². The minimum absolute atomic E-state index is 0.695. The summed E-state index contributed by atoms with van der Waals surface area (Å²) in [6, 6.07) is 6.16. The second kappa shape index (κ2) is 3.88. The Kier molecular flexibility index (Phi) is 2.45. The summed E-state index contributed by atoms with van der Waals surface area (Å²) >= 11 is 3.61. The second-order valence-electron chi connectivity index (χ2n) is 4.36. The molecule has 0 spiro atoms. The number of hydrogen-bond donors (Lipinski definition) is 1. The minimum atomic E-state index is 0.695. The van der Waals surface area contributed by atoms with E-state index >= 15 is 0 Å². The van der Waals surface area contributed by atoms with Crippen LogP contribution in [0.3, 0.4) is 0 Å². The summed E-state index contributed by atoms with van der Waals surface area (Å²) in [5.74, 6) is 0. The van der Waals surface area contributed by atoms with Crippen LogP contribution < -0.4 is 5.73 Å². The lowest BCUT2D eigenvalue weighted by atomic mass is 10.1. The molecule has 3 aromatic rings. The molecule has 0 radical (unpaired) electrons. The Morgan fingerprint density at radius 3 is 2.72 bits per heavy atom. The van der Waals surface area contributed by atoms with E-state index < -0.39 is 0 Å². The van der Waals surface area contributed by atoms with Crippen molar-refractivity contribution in [2.24, 2.45) is 14.1 Å². The fourth-order valence-corrected chi connectivity index (χ4v) is 2.93. The molecule has 0 aliphatic rings. The first-order valence-electron chi connectivity index (χ1n) is 5.61. The van der Waals surface area contributed by atoms with Crippen molar-refractivity contribution in [2.75, 3.05) is 5.73 Å². The first-order chi connectivity index (χ1) is 8.59. The van der Waals surface area contributed by atoms with Crippen molar-refractivity contribution in [1.29, 1.82) is 0 Å². The molecule has 0 bridgehead atoms. The molecule has 3 rings (SSSR count). The summed E-state index contributed by atoms with van der Waals surface area (Å²) in [6.45, 7) is 0. The van der Waals surface area contributed by atoms with Crippen LogP contribution in [-0.4, -0.2) is 14.3 Å². The normalized spacial score (nSPS) is 11.3. The van der Waals surface area contributed by atoms with E-state index in [0.29, 0.717) is 5.69 Å². The Morgan fingerprint density at radius 2 is 2.06 bits per heavy atom. The number of aryl methyl sites for hydroxylation is 2. The van der Waals surface area contributed by atoms with Gasteiger partial charge in [0.15, 0.2) is 0 Å². The molecule has 2 aromatic heterocycles. The zero-order valence-corrected chi connectivity index (χ0v) is 11.8. The second-order valence-corrected chi connectivity index (χ2v) is 5.21. The third-order valence-corrected chi connectivity index (χ3v) is 3.85. The number of benzene rings is 1. The highest BCUT2D eigenvalue weighted by molar-refractivity contribution is 9.10. The van der Waals surface area contributed by atoms with E-state index in [9.17, 15) is 0 Å². The molecule has 92 valence electrons. The van der Waals surface area contributed by atoms with Gasteiger partial charge in [0, 0.05) is 41.2 Å². The van der Waals surface area contributed by atoms with Gasteiger partial charge in [-0.25, -0.2) is 0 Å². The van der Waals surface area contributed by atoms with Crippen LogP contribution in [0.5, 0.6) is 0 Å². The predicted molar refractivity (Wildman–Crippen MR) is 77.2 cm³/mol. The van der Waals surface area contributed by atoms with E-state index in [0.717, 1.165) is 21.1 Å². The van der Waals surface area contributed by atoms with Gasteiger partial charge in [-0.15, -0.1) is 0 Å². The van der Waals surface area contributed by atoms with Crippen LogP contribution in [0.15, 0.2) is 35.1 Å². The third kappa shape index (κ3) is 1.47. The van der Waals surface area contributed by atoms with Crippen LogP contribution in [0, 0.1) is 0 Å². The van der Waals surface area contributed by atoms with Crippen LogP contribution in [-0.2, 0) is 14.1 Å². The first kappa shape index (κ1) is 11.3. The number of rotatable bonds is 1. The molecule has 0 fully saturated rings. The third-order valence-electron chi connectivity index (χ3n) is 3.19. The summed E-state index contributed by atoms with van der Waals surface area (Å²) in [5.41, 5.74) is 9.92. The fourth-order valence-electron chi connectivity index (χ4n) is 2.36. The molecule has 5 heteroatoms. The van der Waals surface area contributed by atoms with Crippen molar-refractivity contribution >= 4 is 32.5 Å². The van der Waals surface area contributed by atoms with Gasteiger partial charge in [0.05, 0.1) is 17.6 Å². The largest absolute Gasteiger partial charge is 0.396 e. The van der Waals surface area contributed by atoms with Gasteiger partial charge < -0.3 is 10.3 Å². The van der Waals surface area contributed by atoms with Gasteiger partial charge in [-0.05, 0) is 12.1 Å². The Balaban J connectivity index is 2.44. The molecule has 2 heterocycles. The van der Waals surface area contributed by atoms with Crippen LogP contribution in [0.25, 0.3) is 22.2 Å². The van der Waals surface area contributed by atoms with Crippen molar-refractivity contribution in [2.45, 2.75) is 0 Å². The summed E-state index contributed by atoms with van der Waals surface area (Å²) < 4.78 is 4.97. The zero-order chi connectivity index (χ0) is 12.9. The lowest BCUT2D eigenvalue weighted by Crippen LogP contribution is -1.95. The number of fused-ring (bicyclic) bond motifs is 1. The van der Waals surface area contributed by atoms with E-state index in [2.05, 4.69) is 37.9 Å². The minimum Gasteiger partial charge on any atom is -0.396 e. The zero-order valence-electron chi connectivity index (χ0n) is 10.2. The highest BCUT2D eigenvalue weighted by Gasteiger charge is 2.16. The molecule has 0 amide bonds. The van der Waals surface area contributed by atoms with Crippen molar-refractivity contribution in [1.82, 2.24) is 14.3 Å². The Hall–Kier alpha value is -1.75. The van der Waals surface area contributed by atoms with Crippen molar-refractivity contribution in [3.05, 3.63) is 35.1 Å². The maximum Gasteiger partial charge on any atom is 0.0930 e. The molecule has 2 N–H and O–H groups in total. The number of nitrogens with two attached hydrogens (primary N) is 1. The van der Waals surface area contributed by atoms with Gasteiger partial charge in [0.2, 0.25) is 0 Å². The molecule has 0 atom stereocenters. The van der Waals surface area contributed by atoms with Gasteiger partial charge in [-0.3, -0.25) is 4.68 Å². The molecular formula is C13H13BrN4. The van der Waals surface area contributed by atoms with Gasteiger partial charge in [0.25, 0.3) is 0 Å². The summed E-state index contributed by atoms with van der Waals surface area (Å²) in [4.78, 5) is 0. The van der Waals surface area contributed by atoms with Gasteiger partial charge in [0.1, 0.15) is 0 Å². The quantitative estimate of drug-likeness (QED) is 0.751. The predicted octanol–water partition coefficient (Wildman–Crippen LogP) is 2.92. The van der Waals surface area contributed by atoms with Crippen LogP contribution >= 0.6 is 15.9 Å². The number of hydrogen-bond acceptors (Lipinski definition) is 2. The fraction of sp³-hybridized carbons (Fsp3) is 0.154. The number of halogens is 1. The number of aromatic nitrogens is 3. The molecule has 1 aromatic carbocycles. The standard InChI is InChI=1S/C13H13BrN4/c1-17-7-8(13-10(15)6-16-18(13)2)12-9(14)4-3-5-11(12)17/h3-7H,15H2,1-2H3. The average Bonchev–Trinajstić information content (AvgIpc) is 2.82. The van der Waals surface area contributed by atoms with Gasteiger partial charge >= 0.3 is 0 Å². The van der Waals surface area contributed by atoms with E-state index in [1.165, 1.54) is 5.52 Å². The van der Waals surface area contributed by atoms with Crippen LogP contribution in [0.1, 0.15) is 0 Å². The lowest BCUT2D eigenvalue weighted by molar-refractivity contribution is 0.776. The van der Waals surface area contributed by atoms with Crippen LogP contribution in [0.4, 0.5) is 5.69 Å². The Bertz CT molecular complexity index is 719. The molecule has 0 aliphatic carbocycles. The molecule has 0 unspecified atom stereocenters. The maximum absolute atomic E-state index is 6.02. The number of nitrogens with zero attached hydrogens (tertiary/aromatic N) is 3. The van der Waals surface area contributed by atoms with E-state index in [1.807, 2.05) is 30.9 Å². The highest BCUT2D eigenvalue weighted by Crippen LogP contribution is 2.37. The summed E-state index contributed by atoms with van der Waals surface area (Å²) in [7, 11) is 3.94. The molecule has 4 nitrogen and oxygen atoms in total. The molecule has 0 saturated carbocycles. The van der Waals surface area contributed by atoms with E-state index in [1.54, 1.807) is 6.20 Å². The lowest BCUT2D eigenvalue weighted by Gasteiger charge is -2.03. The van der Waals surface area contributed by atoms with Gasteiger partial charge in [-0.1, -0.05) is 22.0 Å². The molecule has 0 aliphatic heterocycles. The molecule has 18 heavy (non-hydrogen) atoms. The first-order valence-corrected chi connectivity index (χ1v) is 6.40. The van der Waals surface area contributed by atoms with E-state index in [4.69, 9.17) is 5.73 Å². The summed E-state index contributed by atoms with van der Waals surface area (Å²) in [5, 5.41) is 5.37. The average molecular weight is 305 g/mol. The Labute approximate surface area is 113 Å². The van der Waals surface area contributed by atoms with Crippen molar-refractivity contribution < 1.29 is 0 Å². The topological polar surface area (TPSA) is 48.8 Å².